The molecule has 2 amide bonds. The van der Waals surface area contributed by atoms with Gasteiger partial charge in [-0.2, -0.15) is 0 Å². The lowest BCUT2D eigenvalue weighted by molar-refractivity contribution is -0.123. The van der Waals surface area contributed by atoms with E-state index >= 15 is 0 Å². The molecule has 0 atom stereocenters. The van der Waals surface area contributed by atoms with Gasteiger partial charge in [0.15, 0.2) is 11.7 Å². The van der Waals surface area contributed by atoms with Crippen LogP contribution in [0, 0.1) is 6.92 Å². The van der Waals surface area contributed by atoms with Gasteiger partial charge in [0.25, 0.3) is 11.8 Å². The van der Waals surface area contributed by atoms with Crippen molar-refractivity contribution >= 4 is 29.1 Å². The van der Waals surface area contributed by atoms with E-state index in [1.54, 1.807) is 30.3 Å². The molecule has 27 heavy (non-hydrogen) atoms. The normalized spacial score (nSPS) is 9.85. The van der Waals surface area contributed by atoms with Crippen LogP contribution in [0.3, 0.4) is 0 Å². The maximum Gasteiger partial charge on any atom is 0.276 e. The van der Waals surface area contributed by atoms with Crippen molar-refractivity contribution in [2.45, 2.75) is 13.8 Å². The predicted octanol–water partition coefficient (Wildman–Crippen LogP) is 2.11. The minimum Gasteiger partial charge on any atom is -0.493 e. The molecular weight excluding hydrogens is 366 g/mol. The molecule has 0 bridgehead atoms. The van der Waals surface area contributed by atoms with Gasteiger partial charge >= 0.3 is 0 Å². The summed E-state index contributed by atoms with van der Waals surface area (Å²) in [6.07, 6.45) is 0. The Morgan fingerprint density at radius 2 is 1.63 bits per heavy atom. The van der Waals surface area contributed by atoms with E-state index in [1.807, 2.05) is 32.0 Å². The van der Waals surface area contributed by atoms with Crippen LogP contribution in [-0.2, 0) is 4.79 Å². The molecule has 0 aliphatic rings. The zero-order valence-corrected chi connectivity index (χ0v) is 15.9. The van der Waals surface area contributed by atoms with Crippen LogP contribution in [0.4, 0.5) is 0 Å². The molecule has 142 valence electrons. The van der Waals surface area contributed by atoms with Gasteiger partial charge in [-0.1, -0.05) is 30.3 Å². The minimum atomic E-state index is -0.443. The Balaban J connectivity index is 1.79. The zero-order chi connectivity index (χ0) is 19.6. The minimum absolute atomic E-state index is 0.0458. The average molecular weight is 387 g/mol. The van der Waals surface area contributed by atoms with Gasteiger partial charge in [-0.3, -0.25) is 25.8 Å². The highest BCUT2D eigenvalue weighted by atomic mass is 32.1. The third kappa shape index (κ3) is 6.27. The lowest BCUT2D eigenvalue weighted by Crippen LogP contribution is -2.49. The van der Waals surface area contributed by atoms with Gasteiger partial charge < -0.3 is 9.47 Å². The van der Waals surface area contributed by atoms with Gasteiger partial charge in [0.1, 0.15) is 11.5 Å². The number of hydrogen-bond acceptors (Lipinski definition) is 5. The Morgan fingerprint density at radius 1 is 0.963 bits per heavy atom. The standard InChI is InChI=1S/C19H21N3O4S/c1-3-25-16-11-7-5-9-14(16)18(24)20-19(27)22-21-17(23)12-26-15-10-6-4-8-13(15)2/h4-11H,3,12H2,1-2H3,(H,21,23)(H2,20,22,24,27). The first-order valence-corrected chi connectivity index (χ1v) is 8.72. The monoisotopic (exact) mass is 387 g/mol. The summed E-state index contributed by atoms with van der Waals surface area (Å²) < 4.78 is 10.8. The molecule has 2 aromatic carbocycles. The van der Waals surface area contributed by atoms with Crippen LogP contribution < -0.4 is 25.6 Å². The van der Waals surface area contributed by atoms with E-state index in [4.69, 9.17) is 21.7 Å². The van der Waals surface area contributed by atoms with Crippen molar-refractivity contribution < 1.29 is 19.1 Å². The van der Waals surface area contributed by atoms with Gasteiger partial charge in [-0.05, 0) is 49.8 Å². The van der Waals surface area contributed by atoms with Crippen molar-refractivity contribution in [2.75, 3.05) is 13.2 Å². The molecule has 0 aliphatic heterocycles. The van der Waals surface area contributed by atoms with Crippen LogP contribution in [0.15, 0.2) is 48.5 Å². The molecule has 2 aromatic rings. The van der Waals surface area contributed by atoms with Gasteiger partial charge in [-0.15, -0.1) is 0 Å². The molecule has 8 heteroatoms. The second-order valence-corrected chi connectivity index (χ2v) is 5.85. The van der Waals surface area contributed by atoms with Crippen LogP contribution >= 0.6 is 12.2 Å². The van der Waals surface area contributed by atoms with Crippen LogP contribution in [0.5, 0.6) is 11.5 Å². The molecular formula is C19H21N3O4S. The Labute approximate surface area is 163 Å². The largest absolute Gasteiger partial charge is 0.493 e. The number of benzene rings is 2. The first-order chi connectivity index (χ1) is 13.0. The highest BCUT2D eigenvalue weighted by Crippen LogP contribution is 2.17. The quantitative estimate of drug-likeness (QED) is 0.520. The molecule has 0 radical (unpaired) electrons. The van der Waals surface area contributed by atoms with E-state index in [9.17, 15) is 9.59 Å². The van der Waals surface area contributed by atoms with E-state index in [0.717, 1.165) is 5.56 Å². The number of amides is 2. The number of hydrazine groups is 1. The zero-order valence-electron chi connectivity index (χ0n) is 15.1. The second kappa shape index (κ2) is 10.1. The van der Waals surface area contributed by atoms with Crippen LogP contribution in [0.2, 0.25) is 0 Å². The third-order valence-corrected chi connectivity index (χ3v) is 3.63. The maximum absolute atomic E-state index is 12.3. The van der Waals surface area contributed by atoms with Gasteiger partial charge in [0.2, 0.25) is 0 Å². The SMILES string of the molecule is CCOc1ccccc1C(=O)NC(=S)NNC(=O)COc1ccccc1C. The predicted molar refractivity (Wildman–Crippen MR) is 106 cm³/mol. The summed E-state index contributed by atoms with van der Waals surface area (Å²) in [7, 11) is 0. The second-order valence-electron chi connectivity index (χ2n) is 5.44. The summed E-state index contributed by atoms with van der Waals surface area (Å²) in [4.78, 5) is 24.1. The number of nitrogens with one attached hydrogen (secondary N) is 3. The lowest BCUT2D eigenvalue weighted by Gasteiger charge is -2.13. The van der Waals surface area contributed by atoms with Crippen molar-refractivity contribution in [3.05, 3.63) is 59.7 Å². The van der Waals surface area contributed by atoms with Gasteiger partial charge in [-0.25, -0.2) is 0 Å². The smallest absolute Gasteiger partial charge is 0.276 e. The number of rotatable bonds is 6. The fourth-order valence-corrected chi connectivity index (χ4v) is 2.31. The van der Waals surface area contributed by atoms with E-state index < -0.39 is 11.8 Å². The first kappa shape index (κ1) is 20.2. The Kier molecular flexibility index (Phi) is 7.57. The summed E-state index contributed by atoms with van der Waals surface area (Å²) in [5.74, 6) is 0.193. The number of thiocarbonyl (C=S) groups is 1. The number of para-hydroxylation sites is 2. The lowest BCUT2D eigenvalue weighted by atomic mass is 10.2. The van der Waals surface area contributed by atoms with E-state index in [-0.39, 0.29) is 11.7 Å². The number of aryl methyl sites for hydroxylation is 1. The molecule has 0 saturated heterocycles. The molecule has 0 aliphatic carbocycles. The number of ether oxygens (including phenoxy) is 2. The molecule has 3 N–H and O–H groups in total. The van der Waals surface area contributed by atoms with Gasteiger partial charge in [0, 0.05) is 0 Å². The molecule has 0 unspecified atom stereocenters. The number of carbonyl (C=O) groups excluding carboxylic acids is 2. The van der Waals surface area contributed by atoms with Gasteiger partial charge in [0.05, 0.1) is 12.2 Å². The highest BCUT2D eigenvalue weighted by molar-refractivity contribution is 7.80. The number of carbonyl (C=O) groups is 2. The topological polar surface area (TPSA) is 88.7 Å². The molecule has 0 saturated carbocycles. The Hall–Kier alpha value is -3.13. The summed E-state index contributed by atoms with van der Waals surface area (Å²) in [5, 5.41) is 2.43. The molecule has 0 heterocycles. The van der Waals surface area contributed by atoms with Crippen molar-refractivity contribution in [2.24, 2.45) is 0 Å². The fourth-order valence-electron chi connectivity index (χ4n) is 2.16. The summed E-state index contributed by atoms with van der Waals surface area (Å²) in [6.45, 7) is 3.96. The Bertz CT molecular complexity index is 826. The third-order valence-electron chi connectivity index (χ3n) is 3.43. The molecule has 7 nitrogen and oxygen atoms in total. The van der Waals surface area contributed by atoms with Crippen molar-refractivity contribution in [3.63, 3.8) is 0 Å². The highest BCUT2D eigenvalue weighted by Gasteiger charge is 2.13. The summed E-state index contributed by atoms with van der Waals surface area (Å²) in [6, 6.07) is 14.2. The van der Waals surface area contributed by atoms with Crippen LogP contribution in [-0.4, -0.2) is 30.1 Å². The average Bonchev–Trinajstić information content (AvgIpc) is 2.66. The molecule has 2 rings (SSSR count). The summed E-state index contributed by atoms with van der Waals surface area (Å²) in [5.41, 5.74) is 6.10. The molecule has 0 aromatic heterocycles. The molecule has 0 spiro atoms. The number of hydrogen-bond donors (Lipinski definition) is 3. The van der Waals surface area contributed by atoms with Crippen LogP contribution in [0.1, 0.15) is 22.8 Å². The Morgan fingerprint density at radius 3 is 2.33 bits per heavy atom. The first-order valence-electron chi connectivity index (χ1n) is 8.31. The maximum atomic E-state index is 12.3. The summed E-state index contributed by atoms with van der Waals surface area (Å²) >= 11 is 5.02. The van der Waals surface area contributed by atoms with E-state index in [1.165, 1.54) is 0 Å². The van der Waals surface area contributed by atoms with Crippen molar-refractivity contribution in [1.82, 2.24) is 16.2 Å². The van der Waals surface area contributed by atoms with E-state index in [2.05, 4.69) is 16.2 Å². The van der Waals surface area contributed by atoms with Crippen molar-refractivity contribution in [3.8, 4) is 11.5 Å². The molecule has 0 fully saturated rings. The van der Waals surface area contributed by atoms with E-state index in [0.29, 0.717) is 23.7 Å². The van der Waals surface area contributed by atoms with Crippen LogP contribution in [0.25, 0.3) is 0 Å². The van der Waals surface area contributed by atoms with Crippen molar-refractivity contribution in [1.29, 1.82) is 0 Å². The fraction of sp³-hybridized carbons (Fsp3) is 0.211.